The van der Waals surface area contributed by atoms with Crippen LogP contribution in [0.2, 0.25) is 0 Å². The van der Waals surface area contributed by atoms with Gasteiger partial charge < -0.3 is 16.4 Å². The van der Waals surface area contributed by atoms with E-state index in [2.05, 4.69) is 10.6 Å². The molecule has 0 bridgehead atoms. The summed E-state index contributed by atoms with van der Waals surface area (Å²) in [5, 5.41) is 5.45. The minimum atomic E-state index is -0.615. The molecule has 0 aliphatic carbocycles. The minimum Gasteiger partial charge on any atom is -0.352 e. The predicted octanol–water partition coefficient (Wildman–Crippen LogP) is 1.75. The Balaban J connectivity index is 2.81. The van der Waals surface area contributed by atoms with E-state index in [1.807, 2.05) is 27.7 Å². The van der Waals surface area contributed by atoms with Crippen molar-refractivity contribution in [3.05, 3.63) is 29.8 Å². The summed E-state index contributed by atoms with van der Waals surface area (Å²) in [6.45, 7) is 8.13. The normalized spacial score (nSPS) is 12.7. The van der Waals surface area contributed by atoms with Gasteiger partial charge in [0, 0.05) is 17.8 Å². The van der Waals surface area contributed by atoms with Gasteiger partial charge in [0.25, 0.3) is 5.91 Å². The van der Waals surface area contributed by atoms with E-state index in [0.29, 0.717) is 17.8 Å². The number of rotatable bonds is 4. The van der Waals surface area contributed by atoms with E-state index >= 15 is 0 Å². The van der Waals surface area contributed by atoms with Gasteiger partial charge in [-0.05, 0) is 30.5 Å². The Morgan fingerprint density at radius 1 is 1.30 bits per heavy atom. The summed E-state index contributed by atoms with van der Waals surface area (Å²) in [7, 11) is 0. The van der Waals surface area contributed by atoms with Crippen molar-refractivity contribution in [2.75, 3.05) is 11.9 Å². The van der Waals surface area contributed by atoms with Gasteiger partial charge in [0.1, 0.15) is 0 Å². The fourth-order valence-electron chi connectivity index (χ4n) is 1.61. The number of nitrogens with one attached hydrogen (secondary N) is 2. The summed E-state index contributed by atoms with van der Waals surface area (Å²) in [6.07, 6.45) is 0. The van der Waals surface area contributed by atoms with Gasteiger partial charge in [-0.3, -0.25) is 9.59 Å². The van der Waals surface area contributed by atoms with Crippen LogP contribution in [0.1, 0.15) is 38.1 Å². The van der Waals surface area contributed by atoms with Crippen LogP contribution in [0.4, 0.5) is 5.69 Å². The topological polar surface area (TPSA) is 84.2 Å². The lowest BCUT2D eigenvalue weighted by atomic mass is 9.87. The van der Waals surface area contributed by atoms with E-state index in [-0.39, 0.29) is 17.2 Å². The Kier molecular flexibility index (Phi) is 5.27. The highest BCUT2D eigenvalue weighted by Gasteiger charge is 2.27. The van der Waals surface area contributed by atoms with Gasteiger partial charge in [-0.1, -0.05) is 26.8 Å². The van der Waals surface area contributed by atoms with E-state index in [4.69, 9.17) is 5.73 Å². The first-order chi connectivity index (χ1) is 9.25. The van der Waals surface area contributed by atoms with Crippen molar-refractivity contribution in [2.24, 2.45) is 11.1 Å². The van der Waals surface area contributed by atoms with E-state index in [1.54, 1.807) is 24.3 Å². The van der Waals surface area contributed by atoms with Crippen molar-refractivity contribution in [1.29, 1.82) is 0 Å². The molecule has 0 saturated heterocycles. The summed E-state index contributed by atoms with van der Waals surface area (Å²) >= 11 is 0. The van der Waals surface area contributed by atoms with Gasteiger partial charge in [0.15, 0.2) is 0 Å². The second kappa shape index (κ2) is 6.52. The van der Waals surface area contributed by atoms with Gasteiger partial charge in [-0.15, -0.1) is 0 Å². The molecular weight excluding hydrogens is 254 g/mol. The molecule has 4 N–H and O–H groups in total. The number of hydrogen-bond donors (Lipinski definition) is 3. The van der Waals surface area contributed by atoms with Crippen LogP contribution < -0.4 is 16.4 Å². The van der Waals surface area contributed by atoms with Gasteiger partial charge >= 0.3 is 0 Å². The van der Waals surface area contributed by atoms with Crippen molar-refractivity contribution in [2.45, 2.75) is 33.7 Å². The molecule has 0 spiro atoms. The predicted molar refractivity (Wildman–Crippen MR) is 80.5 cm³/mol. The van der Waals surface area contributed by atoms with E-state index in [0.717, 1.165) is 0 Å². The van der Waals surface area contributed by atoms with Gasteiger partial charge in [0.2, 0.25) is 5.91 Å². The largest absolute Gasteiger partial charge is 0.352 e. The van der Waals surface area contributed by atoms with Gasteiger partial charge in [-0.2, -0.15) is 0 Å². The van der Waals surface area contributed by atoms with E-state index in [9.17, 15) is 9.59 Å². The van der Waals surface area contributed by atoms with Crippen LogP contribution in [-0.4, -0.2) is 24.4 Å². The van der Waals surface area contributed by atoms with Crippen LogP contribution in [0.25, 0.3) is 0 Å². The second-order valence-electron chi connectivity index (χ2n) is 5.77. The van der Waals surface area contributed by atoms with E-state index in [1.165, 1.54) is 0 Å². The molecule has 0 aliphatic heterocycles. The molecule has 1 aromatic rings. The molecule has 0 aliphatic rings. The molecule has 1 atom stereocenters. The lowest BCUT2D eigenvalue weighted by Crippen LogP contribution is -2.45. The fourth-order valence-corrected chi connectivity index (χ4v) is 1.61. The van der Waals surface area contributed by atoms with E-state index < -0.39 is 6.04 Å². The summed E-state index contributed by atoms with van der Waals surface area (Å²) in [4.78, 5) is 23.8. The highest BCUT2D eigenvalue weighted by atomic mass is 16.2. The maximum absolute atomic E-state index is 12.0. The zero-order chi connectivity index (χ0) is 15.3. The van der Waals surface area contributed by atoms with Crippen molar-refractivity contribution in [1.82, 2.24) is 5.32 Å². The summed E-state index contributed by atoms with van der Waals surface area (Å²) in [5.74, 6) is -0.422. The SMILES string of the molecule is CCNC(=O)c1cccc(NC(=O)C(N)C(C)(C)C)c1. The number of carbonyl (C=O) groups excluding carboxylic acids is 2. The third-order valence-corrected chi connectivity index (χ3v) is 2.95. The molecule has 1 unspecified atom stereocenters. The first kappa shape index (κ1) is 16.2. The van der Waals surface area contributed by atoms with Crippen LogP contribution in [-0.2, 0) is 4.79 Å². The third kappa shape index (κ3) is 4.35. The molecular formula is C15H23N3O2. The number of benzene rings is 1. The zero-order valence-electron chi connectivity index (χ0n) is 12.5. The fraction of sp³-hybridized carbons (Fsp3) is 0.467. The molecule has 110 valence electrons. The number of carbonyl (C=O) groups is 2. The number of hydrogen-bond acceptors (Lipinski definition) is 3. The molecule has 0 heterocycles. The standard InChI is InChI=1S/C15H23N3O2/c1-5-17-13(19)10-7-6-8-11(9-10)18-14(20)12(16)15(2,3)4/h6-9,12H,5,16H2,1-4H3,(H,17,19)(H,18,20). The number of anilines is 1. The summed E-state index contributed by atoms with van der Waals surface area (Å²) < 4.78 is 0. The van der Waals surface area contributed by atoms with Crippen LogP contribution in [0.15, 0.2) is 24.3 Å². The summed E-state index contributed by atoms with van der Waals surface area (Å²) in [6, 6.07) is 6.18. The van der Waals surface area contributed by atoms with Crippen LogP contribution >= 0.6 is 0 Å². The van der Waals surface area contributed by atoms with Crippen molar-refractivity contribution < 1.29 is 9.59 Å². The Morgan fingerprint density at radius 2 is 1.95 bits per heavy atom. The maximum Gasteiger partial charge on any atom is 0.251 e. The van der Waals surface area contributed by atoms with Crippen LogP contribution in [0.3, 0.4) is 0 Å². The molecule has 5 nitrogen and oxygen atoms in total. The Hall–Kier alpha value is -1.88. The summed E-state index contributed by atoms with van der Waals surface area (Å²) in [5.41, 5.74) is 6.65. The highest BCUT2D eigenvalue weighted by Crippen LogP contribution is 2.19. The zero-order valence-corrected chi connectivity index (χ0v) is 12.5. The van der Waals surface area contributed by atoms with Crippen molar-refractivity contribution in [3.8, 4) is 0 Å². The quantitative estimate of drug-likeness (QED) is 0.784. The molecule has 20 heavy (non-hydrogen) atoms. The Morgan fingerprint density at radius 3 is 2.50 bits per heavy atom. The molecule has 5 heteroatoms. The first-order valence-corrected chi connectivity index (χ1v) is 6.70. The van der Waals surface area contributed by atoms with Crippen molar-refractivity contribution in [3.63, 3.8) is 0 Å². The van der Waals surface area contributed by atoms with Crippen LogP contribution in [0, 0.1) is 5.41 Å². The molecule has 0 saturated carbocycles. The first-order valence-electron chi connectivity index (χ1n) is 6.70. The molecule has 0 fully saturated rings. The highest BCUT2D eigenvalue weighted by molar-refractivity contribution is 5.98. The number of nitrogens with two attached hydrogens (primary N) is 1. The van der Waals surface area contributed by atoms with Gasteiger partial charge in [-0.25, -0.2) is 0 Å². The van der Waals surface area contributed by atoms with Crippen LogP contribution in [0.5, 0.6) is 0 Å². The maximum atomic E-state index is 12.0. The lowest BCUT2D eigenvalue weighted by molar-refractivity contribution is -0.119. The van der Waals surface area contributed by atoms with Crippen molar-refractivity contribution >= 4 is 17.5 Å². The average Bonchev–Trinajstić information content (AvgIpc) is 2.37. The monoisotopic (exact) mass is 277 g/mol. The number of amides is 2. The lowest BCUT2D eigenvalue weighted by Gasteiger charge is -2.25. The molecule has 1 aromatic carbocycles. The molecule has 0 radical (unpaired) electrons. The molecule has 1 rings (SSSR count). The third-order valence-electron chi connectivity index (χ3n) is 2.95. The minimum absolute atomic E-state index is 0.163. The average molecular weight is 277 g/mol. The Bertz CT molecular complexity index is 492. The second-order valence-corrected chi connectivity index (χ2v) is 5.77. The smallest absolute Gasteiger partial charge is 0.251 e. The molecule has 2 amide bonds. The molecule has 0 aromatic heterocycles. The Labute approximate surface area is 119 Å². The van der Waals surface area contributed by atoms with Gasteiger partial charge in [0.05, 0.1) is 6.04 Å².